The van der Waals surface area contributed by atoms with Crippen LogP contribution in [-0.2, 0) is 17.9 Å². The van der Waals surface area contributed by atoms with E-state index < -0.39 is 5.63 Å². The SMILES string of the molecule is COc1ccc(/C=C/C(=O)/C=C/c2ccc(OCc3cn(CCCCOc4cc(=O)oc5ccccc45)nn3)c(OC)c2)cc1. The lowest BCUT2D eigenvalue weighted by molar-refractivity contribution is -0.110. The van der Waals surface area contributed by atoms with Gasteiger partial charge in [-0.25, -0.2) is 4.79 Å². The Hall–Kier alpha value is -5.64. The number of unbranched alkanes of at least 4 members (excludes halogenated alkanes) is 1. The Morgan fingerprint density at radius 3 is 2.42 bits per heavy atom. The highest BCUT2D eigenvalue weighted by Gasteiger charge is 2.09. The number of ether oxygens (including phenoxy) is 4. The normalized spacial score (nSPS) is 11.3. The summed E-state index contributed by atoms with van der Waals surface area (Å²) in [5.74, 6) is 2.23. The second kappa shape index (κ2) is 15.2. The number of hydrogen-bond acceptors (Lipinski definition) is 9. The van der Waals surface area contributed by atoms with Crippen LogP contribution in [0.4, 0.5) is 0 Å². The minimum absolute atomic E-state index is 0.139. The highest BCUT2D eigenvalue weighted by molar-refractivity contribution is 6.04. The van der Waals surface area contributed by atoms with Crippen LogP contribution in [0.3, 0.4) is 0 Å². The zero-order valence-corrected chi connectivity index (χ0v) is 25.0. The third kappa shape index (κ3) is 8.70. The van der Waals surface area contributed by atoms with Crippen LogP contribution in [0.25, 0.3) is 23.1 Å². The molecule has 0 saturated heterocycles. The average molecular weight is 608 g/mol. The minimum Gasteiger partial charge on any atom is -0.497 e. The van der Waals surface area contributed by atoms with Gasteiger partial charge in [-0.15, -0.1) is 5.10 Å². The fraction of sp³-hybridized carbons (Fsp3) is 0.200. The minimum atomic E-state index is -0.437. The highest BCUT2D eigenvalue weighted by Crippen LogP contribution is 2.29. The lowest BCUT2D eigenvalue weighted by Gasteiger charge is -2.10. The molecular weight excluding hydrogens is 574 g/mol. The molecule has 5 aromatic rings. The number of aryl methyl sites for hydroxylation is 1. The molecule has 10 heteroatoms. The van der Waals surface area contributed by atoms with E-state index in [0.717, 1.165) is 35.1 Å². The van der Waals surface area contributed by atoms with E-state index >= 15 is 0 Å². The van der Waals surface area contributed by atoms with Gasteiger partial charge in [0.25, 0.3) is 0 Å². The van der Waals surface area contributed by atoms with Gasteiger partial charge in [0.1, 0.15) is 29.4 Å². The molecule has 0 aliphatic carbocycles. The number of para-hydroxylation sites is 1. The first-order valence-corrected chi connectivity index (χ1v) is 14.4. The van der Waals surface area contributed by atoms with Gasteiger partial charge in [0.05, 0.1) is 38.5 Å². The van der Waals surface area contributed by atoms with Crippen LogP contribution in [0.5, 0.6) is 23.0 Å². The Labute approximate surface area is 260 Å². The summed E-state index contributed by atoms with van der Waals surface area (Å²) in [6.45, 7) is 1.33. The molecule has 2 heterocycles. The first-order valence-electron chi connectivity index (χ1n) is 14.4. The van der Waals surface area contributed by atoms with Crippen molar-refractivity contribution in [3.05, 3.63) is 118 Å². The van der Waals surface area contributed by atoms with Gasteiger partial charge in [-0.3, -0.25) is 9.48 Å². The lowest BCUT2D eigenvalue weighted by Crippen LogP contribution is -2.05. The van der Waals surface area contributed by atoms with Gasteiger partial charge in [0.15, 0.2) is 17.3 Å². The number of ketones is 1. The van der Waals surface area contributed by atoms with Crippen molar-refractivity contribution in [1.29, 1.82) is 0 Å². The van der Waals surface area contributed by atoms with Crippen molar-refractivity contribution in [2.75, 3.05) is 20.8 Å². The van der Waals surface area contributed by atoms with E-state index in [2.05, 4.69) is 10.3 Å². The summed E-state index contributed by atoms with van der Waals surface area (Å²) >= 11 is 0. The van der Waals surface area contributed by atoms with Gasteiger partial charge < -0.3 is 23.4 Å². The van der Waals surface area contributed by atoms with Gasteiger partial charge in [0, 0.05) is 6.54 Å². The first kappa shape index (κ1) is 30.8. The quantitative estimate of drug-likeness (QED) is 0.0787. The predicted octanol–water partition coefficient (Wildman–Crippen LogP) is 6.14. The number of carbonyl (C=O) groups excluding carboxylic acids is 1. The monoisotopic (exact) mass is 607 g/mol. The number of nitrogens with zero attached hydrogens (tertiary/aromatic N) is 3. The number of allylic oxidation sites excluding steroid dienone is 2. The van der Waals surface area contributed by atoms with E-state index in [1.807, 2.05) is 54.7 Å². The van der Waals surface area contributed by atoms with Gasteiger partial charge in [-0.1, -0.05) is 47.7 Å². The van der Waals surface area contributed by atoms with Gasteiger partial charge >= 0.3 is 5.63 Å². The molecule has 2 aromatic heterocycles. The summed E-state index contributed by atoms with van der Waals surface area (Å²) in [4.78, 5) is 24.1. The molecule has 0 amide bonds. The molecule has 0 N–H and O–H groups in total. The largest absolute Gasteiger partial charge is 0.497 e. The number of benzene rings is 3. The highest BCUT2D eigenvalue weighted by atomic mass is 16.5. The summed E-state index contributed by atoms with van der Waals surface area (Å²) in [7, 11) is 3.17. The topological polar surface area (TPSA) is 115 Å². The molecule has 0 aliphatic rings. The fourth-order valence-corrected chi connectivity index (χ4v) is 4.46. The summed E-state index contributed by atoms with van der Waals surface area (Å²) in [5.41, 5.74) is 2.44. The Morgan fingerprint density at radius 2 is 1.62 bits per heavy atom. The molecule has 0 saturated carbocycles. The molecule has 10 nitrogen and oxygen atoms in total. The number of carbonyl (C=O) groups is 1. The zero-order valence-electron chi connectivity index (χ0n) is 25.0. The number of aromatic nitrogens is 3. The Bertz CT molecular complexity index is 1860. The van der Waals surface area contributed by atoms with Crippen LogP contribution in [0.15, 0.2) is 100 Å². The maximum absolute atomic E-state index is 12.3. The van der Waals surface area contributed by atoms with Crippen molar-refractivity contribution < 1.29 is 28.2 Å². The zero-order chi connectivity index (χ0) is 31.4. The van der Waals surface area contributed by atoms with Crippen LogP contribution < -0.4 is 24.6 Å². The Morgan fingerprint density at radius 1 is 0.844 bits per heavy atom. The van der Waals surface area contributed by atoms with Gasteiger partial charge in [-0.2, -0.15) is 0 Å². The van der Waals surface area contributed by atoms with Crippen molar-refractivity contribution in [1.82, 2.24) is 15.0 Å². The van der Waals surface area contributed by atoms with E-state index in [1.54, 1.807) is 49.3 Å². The third-order valence-corrected chi connectivity index (χ3v) is 6.80. The standard InChI is InChI=1S/C35H33N3O7/c1-41-29-16-11-25(12-17-29)9-14-28(39)15-10-26-13-18-32(34(21-26)42-2)44-24-27-23-38(37-36-27)19-5-6-20-43-33-22-35(40)45-31-8-4-3-7-30(31)33/h3-4,7-18,21-23H,5-6,19-20,24H2,1-2H3/b14-9+,15-10+. The van der Waals surface area contributed by atoms with E-state index in [1.165, 1.54) is 18.2 Å². The first-order chi connectivity index (χ1) is 22.0. The Kier molecular flexibility index (Phi) is 10.4. The molecule has 0 aliphatic heterocycles. The molecule has 45 heavy (non-hydrogen) atoms. The van der Waals surface area contributed by atoms with Crippen molar-refractivity contribution in [2.45, 2.75) is 26.0 Å². The lowest BCUT2D eigenvalue weighted by atomic mass is 10.1. The van der Waals surface area contributed by atoms with Crippen molar-refractivity contribution >= 4 is 28.9 Å². The molecule has 0 unspecified atom stereocenters. The maximum atomic E-state index is 12.3. The number of methoxy groups -OCH3 is 2. The molecular formula is C35H33N3O7. The van der Waals surface area contributed by atoms with E-state index in [-0.39, 0.29) is 12.4 Å². The van der Waals surface area contributed by atoms with Crippen molar-refractivity contribution in [3.63, 3.8) is 0 Å². The second-order valence-electron chi connectivity index (χ2n) is 10.00. The molecule has 0 bridgehead atoms. The van der Waals surface area contributed by atoms with Crippen LogP contribution in [0.2, 0.25) is 0 Å². The summed E-state index contributed by atoms with van der Waals surface area (Å²) < 4.78 is 29.4. The molecule has 0 atom stereocenters. The van der Waals surface area contributed by atoms with E-state index in [9.17, 15) is 9.59 Å². The number of fused-ring (bicyclic) bond motifs is 1. The van der Waals surface area contributed by atoms with Crippen LogP contribution >= 0.6 is 0 Å². The summed E-state index contributed by atoms with van der Waals surface area (Å²) in [5, 5.41) is 9.15. The fourth-order valence-electron chi connectivity index (χ4n) is 4.46. The van der Waals surface area contributed by atoms with Crippen molar-refractivity contribution in [2.24, 2.45) is 0 Å². The number of hydrogen-bond donors (Lipinski definition) is 0. The van der Waals surface area contributed by atoms with Crippen LogP contribution in [0.1, 0.15) is 29.7 Å². The smallest absolute Gasteiger partial charge is 0.339 e. The second-order valence-corrected chi connectivity index (χ2v) is 10.00. The van der Waals surface area contributed by atoms with E-state index in [4.69, 9.17) is 23.4 Å². The molecule has 0 radical (unpaired) electrons. The van der Waals surface area contributed by atoms with Gasteiger partial charge in [-0.05, 0) is 72.5 Å². The predicted molar refractivity (Wildman–Crippen MR) is 171 cm³/mol. The third-order valence-electron chi connectivity index (χ3n) is 6.80. The average Bonchev–Trinajstić information content (AvgIpc) is 3.53. The van der Waals surface area contributed by atoms with Crippen LogP contribution in [0, 0.1) is 0 Å². The molecule has 3 aromatic carbocycles. The molecule has 0 spiro atoms. The summed E-state index contributed by atoms with van der Waals surface area (Å²) in [6.07, 6.45) is 9.91. The van der Waals surface area contributed by atoms with Gasteiger partial charge in [0.2, 0.25) is 0 Å². The Balaban J connectivity index is 1.07. The summed E-state index contributed by atoms with van der Waals surface area (Å²) in [6, 6.07) is 21.6. The maximum Gasteiger partial charge on any atom is 0.339 e. The molecule has 230 valence electrons. The van der Waals surface area contributed by atoms with E-state index in [0.29, 0.717) is 41.7 Å². The molecule has 5 rings (SSSR count). The molecule has 0 fully saturated rings. The number of rotatable bonds is 15. The van der Waals surface area contributed by atoms with Crippen molar-refractivity contribution in [3.8, 4) is 23.0 Å². The van der Waals surface area contributed by atoms with Crippen LogP contribution in [-0.4, -0.2) is 41.6 Å².